The minimum atomic E-state index is 0.430. The Balaban J connectivity index is 2.14. The molecule has 0 saturated heterocycles. The molecule has 2 nitrogen and oxygen atoms in total. The van der Waals surface area contributed by atoms with Gasteiger partial charge in [0.2, 0.25) is 0 Å². The van der Waals surface area contributed by atoms with Crippen LogP contribution in [0.25, 0.3) is 0 Å². The molecule has 2 rings (SSSR count). The molecule has 2 aromatic rings. The van der Waals surface area contributed by atoms with Crippen molar-refractivity contribution in [2.24, 2.45) is 5.73 Å². The molecule has 0 radical (unpaired) electrons. The molecule has 0 saturated carbocycles. The summed E-state index contributed by atoms with van der Waals surface area (Å²) in [6.45, 7) is 0.958. The Morgan fingerprint density at radius 2 is 2.19 bits per heavy atom. The van der Waals surface area contributed by atoms with Gasteiger partial charge in [-0.25, -0.2) is 0 Å². The van der Waals surface area contributed by atoms with Crippen LogP contribution in [0.1, 0.15) is 11.1 Å². The average Bonchev–Trinajstić information content (AvgIpc) is 2.80. The Morgan fingerprint density at radius 1 is 1.31 bits per heavy atom. The minimum absolute atomic E-state index is 0.430. The first-order chi connectivity index (χ1) is 7.81. The summed E-state index contributed by atoms with van der Waals surface area (Å²) in [6.07, 6.45) is 0. The largest absolute Gasteiger partial charge is 0.487 e. The Labute approximate surface area is 104 Å². The molecule has 0 aliphatic rings. The second-order valence-electron chi connectivity index (χ2n) is 3.35. The van der Waals surface area contributed by atoms with E-state index in [0.29, 0.717) is 23.9 Å². The molecule has 1 aromatic heterocycles. The Bertz CT molecular complexity index is 456. The van der Waals surface area contributed by atoms with Crippen molar-refractivity contribution in [3.63, 3.8) is 0 Å². The van der Waals surface area contributed by atoms with E-state index in [1.165, 1.54) is 0 Å². The van der Waals surface area contributed by atoms with Crippen molar-refractivity contribution in [1.29, 1.82) is 0 Å². The lowest BCUT2D eigenvalue weighted by Gasteiger charge is -2.11. The van der Waals surface area contributed by atoms with Gasteiger partial charge in [0, 0.05) is 12.1 Å². The highest BCUT2D eigenvalue weighted by Crippen LogP contribution is 2.29. The van der Waals surface area contributed by atoms with E-state index in [9.17, 15) is 0 Å². The van der Waals surface area contributed by atoms with Gasteiger partial charge in [0.25, 0.3) is 0 Å². The standard InChI is InChI=1S/C12H12ClNOS/c13-11-3-1-2-10(6-14)12(11)15-7-9-4-5-16-8-9/h1-5,8H,6-7,14H2. The molecule has 0 amide bonds. The van der Waals surface area contributed by atoms with E-state index in [1.807, 2.05) is 29.6 Å². The first-order valence-corrected chi connectivity index (χ1v) is 6.24. The monoisotopic (exact) mass is 253 g/mol. The van der Waals surface area contributed by atoms with Crippen molar-refractivity contribution >= 4 is 22.9 Å². The molecule has 2 N–H and O–H groups in total. The van der Waals surface area contributed by atoms with Gasteiger partial charge in [0.05, 0.1) is 5.02 Å². The molecule has 0 bridgehead atoms. The predicted octanol–water partition coefficient (Wildman–Crippen LogP) is 3.44. The van der Waals surface area contributed by atoms with E-state index in [0.717, 1.165) is 11.1 Å². The first kappa shape index (κ1) is 11.5. The summed E-state index contributed by atoms with van der Waals surface area (Å²) < 4.78 is 5.70. The molecule has 0 aliphatic carbocycles. The lowest BCUT2D eigenvalue weighted by molar-refractivity contribution is 0.303. The molecule has 16 heavy (non-hydrogen) atoms. The van der Waals surface area contributed by atoms with Gasteiger partial charge in [-0.15, -0.1) is 0 Å². The minimum Gasteiger partial charge on any atom is -0.487 e. The van der Waals surface area contributed by atoms with Crippen molar-refractivity contribution in [1.82, 2.24) is 0 Å². The van der Waals surface area contributed by atoms with E-state index in [2.05, 4.69) is 5.38 Å². The molecule has 84 valence electrons. The number of hydrogen-bond donors (Lipinski definition) is 1. The second kappa shape index (κ2) is 5.34. The van der Waals surface area contributed by atoms with Gasteiger partial charge in [0.1, 0.15) is 12.4 Å². The third-order valence-corrected chi connectivity index (χ3v) is 3.26. The van der Waals surface area contributed by atoms with Crippen LogP contribution in [0.15, 0.2) is 35.0 Å². The van der Waals surface area contributed by atoms with Crippen LogP contribution in [0.3, 0.4) is 0 Å². The topological polar surface area (TPSA) is 35.2 Å². The van der Waals surface area contributed by atoms with Crippen molar-refractivity contribution in [2.45, 2.75) is 13.2 Å². The highest BCUT2D eigenvalue weighted by Gasteiger charge is 2.07. The summed E-state index contributed by atoms with van der Waals surface area (Å²) >= 11 is 7.72. The number of benzene rings is 1. The van der Waals surface area contributed by atoms with Crippen LogP contribution in [-0.4, -0.2) is 0 Å². The fraction of sp³-hybridized carbons (Fsp3) is 0.167. The van der Waals surface area contributed by atoms with Crippen molar-refractivity contribution < 1.29 is 4.74 Å². The van der Waals surface area contributed by atoms with Gasteiger partial charge in [-0.1, -0.05) is 23.7 Å². The summed E-state index contributed by atoms with van der Waals surface area (Å²) in [6, 6.07) is 7.64. The quantitative estimate of drug-likeness (QED) is 0.906. The zero-order valence-corrected chi connectivity index (χ0v) is 10.2. The Kier molecular flexibility index (Phi) is 3.83. The van der Waals surface area contributed by atoms with Crippen LogP contribution in [-0.2, 0) is 13.2 Å². The van der Waals surface area contributed by atoms with Crippen molar-refractivity contribution in [2.75, 3.05) is 0 Å². The van der Waals surface area contributed by atoms with Gasteiger partial charge in [-0.2, -0.15) is 11.3 Å². The van der Waals surface area contributed by atoms with Gasteiger partial charge >= 0.3 is 0 Å². The molecule has 1 aromatic carbocycles. The normalized spacial score (nSPS) is 10.4. The van der Waals surface area contributed by atoms with E-state index in [1.54, 1.807) is 11.3 Å². The second-order valence-corrected chi connectivity index (χ2v) is 4.54. The number of nitrogens with two attached hydrogens (primary N) is 1. The predicted molar refractivity (Wildman–Crippen MR) is 68.0 cm³/mol. The number of hydrogen-bond acceptors (Lipinski definition) is 3. The zero-order chi connectivity index (χ0) is 11.4. The van der Waals surface area contributed by atoms with Crippen LogP contribution in [0.4, 0.5) is 0 Å². The highest BCUT2D eigenvalue weighted by atomic mass is 35.5. The molecule has 0 fully saturated rings. The van der Waals surface area contributed by atoms with E-state index in [4.69, 9.17) is 22.1 Å². The van der Waals surface area contributed by atoms with Crippen molar-refractivity contribution in [3.8, 4) is 5.75 Å². The summed E-state index contributed by atoms with van der Waals surface area (Å²) in [5.74, 6) is 0.692. The van der Waals surface area contributed by atoms with Crippen LogP contribution in [0.5, 0.6) is 5.75 Å². The van der Waals surface area contributed by atoms with Crippen LogP contribution in [0, 0.1) is 0 Å². The lowest BCUT2D eigenvalue weighted by atomic mass is 10.2. The fourth-order valence-electron chi connectivity index (χ4n) is 1.41. The molecule has 0 unspecified atom stereocenters. The molecular weight excluding hydrogens is 242 g/mol. The average molecular weight is 254 g/mol. The third-order valence-electron chi connectivity index (χ3n) is 2.23. The van der Waals surface area contributed by atoms with Crippen LogP contribution < -0.4 is 10.5 Å². The molecule has 0 atom stereocenters. The Hall–Kier alpha value is -1.03. The van der Waals surface area contributed by atoms with Gasteiger partial charge in [-0.3, -0.25) is 0 Å². The summed E-state index contributed by atoms with van der Waals surface area (Å²) in [5.41, 5.74) is 7.71. The summed E-state index contributed by atoms with van der Waals surface area (Å²) in [4.78, 5) is 0. The third kappa shape index (κ3) is 2.55. The Morgan fingerprint density at radius 3 is 2.88 bits per heavy atom. The number of ether oxygens (including phenoxy) is 1. The van der Waals surface area contributed by atoms with Crippen LogP contribution in [0.2, 0.25) is 5.02 Å². The maximum absolute atomic E-state index is 6.07. The summed E-state index contributed by atoms with van der Waals surface area (Å²) in [7, 11) is 0. The highest BCUT2D eigenvalue weighted by molar-refractivity contribution is 7.07. The van der Waals surface area contributed by atoms with Gasteiger partial charge in [-0.05, 0) is 28.5 Å². The smallest absolute Gasteiger partial charge is 0.142 e. The number of rotatable bonds is 4. The van der Waals surface area contributed by atoms with Crippen LogP contribution >= 0.6 is 22.9 Å². The first-order valence-electron chi connectivity index (χ1n) is 4.92. The molecule has 0 aliphatic heterocycles. The molecule has 4 heteroatoms. The van der Waals surface area contributed by atoms with E-state index >= 15 is 0 Å². The number of thiophene rings is 1. The van der Waals surface area contributed by atoms with Gasteiger partial charge < -0.3 is 10.5 Å². The molecular formula is C12H12ClNOS. The number of para-hydroxylation sites is 1. The van der Waals surface area contributed by atoms with E-state index in [-0.39, 0.29) is 0 Å². The maximum Gasteiger partial charge on any atom is 0.142 e. The van der Waals surface area contributed by atoms with Gasteiger partial charge in [0.15, 0.2) is 0 Å². The lowest BCUT2D eigenvalue weighted by Crippen LogP contribution is -2.02. The van der Waals surface area contributed by atoms with Crippen molar-refractivity contribution in [3.05, 3.63) is 51.2 Å². The van der Waals surface area contributed by atoms with E-state index < -0.39 is 0 Å². The molecule has 1 heterocycles. The number of halogens is 1. The molecule has 0 spiro atoms. The fourth-order valence-corrected chi connectivity index (χ4v) is 2.31. The SMILES string of the molecule is NCc1cccc(Cl)c1OCc1ccsc1. The summed E-state index contributed by atoms with van der Waals surface area (Å²) in [5, 5.41) is 4.69. The maximum atomic E-state index is 6.07. The zero-order valence-electron chi connectivity index (χ0n) is 8.65.